The van der Waals surface area contributed by atoms with Gasteiger partial charge in [-0.25, -0.2) is 9.97 Å². The van der Waals surface area contributed by atoms with Crippen molar-refractivity contribution in [2.45, 2.75) is 44.2 Å². The van der Waals surface area contributed by atoms with Crippen LogP contribution >= 0.6 is 0 Å². The molecular weight excluding hydrogens is 388 g/mol. The number of nitrogens with zero attached hydrogens (tertiary/aromatic N) is 5. The second kappa shape index (κ2) is 7.64. The molecule has 5 rings (SSSR count). The lowest BCUT2D eigenvalue weighted by Gasteiger charge is -2.26. The van der Waals surface area contributed by atoms with E-state index in [2.05, 4.69) is 11.1 Å². The van der Waals surface area contributed by atoms with Crippen molar-refractivity contribution in [2.24, 2.45) is 12.8 Å². The van der Waals surface area contributed by atoms with Crippen molar-refractivity contribution in [3.05, 3.63) is 69.9 Å². The molecule has 7 heteroatoms. The Bertz CT molecular complexity index is 1390. The van der Waals surface area contributed by atoms with Crippen molar-refractivity contribution in [1.29, 1.82) is 5.26 Å². The Labute approximate surface area is 179 Å². The first-order chi connectivity index (χ1) is 15.1. The van der Waals surface area contributed by atoms with Gasteiger partial charge in [-0.1, -0.05) is 24.6 Å². The van der Waals surface area contributed by atoms with E-state index >= 15 is 0 Å². The number of hydrogen-bond acceptors (Lipinski definition) is 5. The summed E-state index contributed by atoms with van der Waals surface area (Å²) in [6, 6.07) is 13.8. The summed E-state index contributed by atoms with van der Waals surface area (Å²) in [5.74, 6) is 1.06. The topological polar surface area (TPSA) is 103 Å². The summed E-state index contributed by atoms with van der Waals surface area (Å²) in [7, 11) is 1.74. The number of hydrogen-bond donors (Lipinski definition) is 1. The number of nitrogens with two attached hydrogens (primary N) is 1. The molecule has 156 valence electrons. The molecule has 1 aliphatic rings. The normalized spacial score (nSPS) is 19.0. The molecule has 3 aromatic heterocycles. The summed E-state index contributed by atoms with van der Waals surface area (Å²) in [6.07, 6.45) is 5.59. The summed E-state index contributed by atoms with van der Waals surface area (Å²) in [5.41, 5.74) is 9.50. The van der Waals surface area contributed by atoms with Crippen LogP contribution in [0.15, 0.2) is 47.4 Å². The molecule has 1 fully saturated rings. The second-order valence-corrected chi connectivity index (χ2v) is 8.38. The van der Waals surface area contributed by atoms with Crippen molar-refractivity contribution >= 4 is 22.1 Å². The minimum atomic E-state index is -0.130. The lowest BCUT2D eigenvalue weighted by atomic mass is 9.85. The zero-order valence-electron chi connectivity index (χ0n) is 17.5. The fourth-order valence-electron chi connectivity index (χ4n) is 4.85. The predicted molar refractivity (Wildman–Crippen MR) is 120 cm³/mol. The predicted octanol–water partition coefficient (Wildman–Crippen LogP) is 3.19. The number of fused-ring (bicyclic) bond motifs is 3. The fourth-order valence-corrected chi connectivity index (χ4v) is 4.85. The SMILES string of the molecule is Cn1c(=O)c2c(nc(C3CCCC(N)C3)n2Cc2ccccc2C#N)c2cccnc21. The minimum absolute atomic E-state index is 0.130. The molecule has 31 heavy (non-hydrogen) atoms. The molecule has 0 radical (unpaired) electrons. The van der Waals surface area contributed by atoms with Crippen LogP contribution in [0.3, 0.4) is 0 Å². The van der Waals surface area contributed by atoms with Gasteiger partial charge >= 0.3 is 0 Å². The van der Waals surface area contributed by atoms with Crippen LogP contribution in [-0.2, 0) is 13.6 Å². The van der Waals surface area contributed by atoms with Crippen LogP contribution in [0.5, 0.6) is 0 Å². The standard InChI is InChI=1S/C24H24N6O/c1-29-23-19(10-5-11-27-23)20-21(24(29)31)30(14-17-7-3-2-6-16(17)13-25)22(28-20)15-8-4-9-18(26)12-15/h2-3,5-7,10-11,15,18H,4,8-9,12,14,26H2,1H3. The Morgan fingerprint density at radius 3 is 2.87 bits per heavy atom. The summed E-state index contributed by atoms with van der Waals surface area (Å²) >= 11 is 0. The van der Waals surface area contributed by atoms with Gasteiger partial charge in [0, 0.05) is 30.6 Å². The first kappa shape index (κ1) is 19.5. The van der Waals surface area contributed by atoms with Gasteiger partial charge in [0.1, 0.15) is 22.5 Å². The Morgan fingerprint density at radius 1 is 1.23 bits per heavy atom. The highest BCUT2D eigenvalue weighted by molar-refractivity contribution is 6.00. The quantitative estimate of drug-likeness (QED) is 0.557. The average Bonchev–Trinajstić information content (AvgIpc) is 3.17. The maximum absolute atomic E-state index is 13.4. The fraction of sp³-hybridized carbons (Fsp3) is 0.333. The Kier molecular flexibility index (Phi) is 4.79. The smallest absolute Gasteiger partial charge is 0.278 e. The van der Waals surface area contributed by atoms with Crippen LogP contribution in [0.25, 0.3) is 22.1 Å². The van der Waals surface area contributed by atoms with Crippen LogP contribution in [0.1, 0.15) is 48.6 Å². The minimum Gasteiger partial charge on any atom is -0.328 e. The molecule has 2 unspecified atom stereocenters. The molecule has 0 saturated heterocycles. The van der Waals surface area contributed by atoms with E-state index in [4.69, 9.17) is 10.7 Å². The third-order valence-corrected chi connectivity index (χ3v) is 6.41. The Morgan fingerprint density at radius 2 is 2.06 bits per heavy atom. The highest BCUT2D eigenvalue weighted by Crippen LogP contribution is 2.34. The van der Waals surface area contributed by atoms with E-state index in [1.165, 1.54) is 0 Å². The molecule has 0 aliphatic heterocycles. The monoisotopic (exact) mass is 412 g/mol. The molecular formula is C24H24N6O. The lowest BCUT2D eigenvalue weighted by Crippen LogP contribution is -2.28. The van der Waals surface area contributed by atoms with Crippen molar-refractivity contribution in [3.8, 4) is 6.07 Å². The van der Waals surface area contributed by atoms with Gasteiger partial charge in [-0.15, -0.1) is 0 Å². The van der Waals surface area contributed by atoms with Gasteiger partial charge in [-0.2, -0.15) is 5.26 Å². The molecule has 2 N–H and O–H groups in total. The van der Waals surface area contributed by atoms with Crippen LogP contribution in [0.2, 0.25) is 0 Å². The Balaban J connectivity index is 1.81. The molecule has 0 spiro atoms. The van der Waals surface area contributed by atoms with E-state index in [9.17, 15) is 10.1 Å². The van der Waals surface area contributed by atoms with Gasteiger partial charge in [0.2, 0.25) is 0 Å². The Hall–Kier alpha value is -3.50. The first-order valence-electron chi connectivity index (χ1n) is 10.7. The van der Waals surface area contributed by atoms with E-state index in [1.807, 2.05) is 41.0 Å². The summed E-state index contributed by atoms with van der Waals surface area (Å²) in [5, 5.41) is 10.4. The number of nitriles is 1. The number of aryl methyl sites for hydroxylation is 1. The third-order valence-electron chi connectivity index (χ3n) is 6.41. The number of aromatic nitrogens is 4. The molecule has 1 saturated carbocycles. The molecule has 7 nitrogen and oxygen atoms in total. The van der Waals surface area contributed by atoms with Crippen LogP contribution in [0.4, 0.5) is 0 Å². The largest absolute Gasteiger partial charge is 0.328 e. The molecule has 4 aromatic rings. The van der Waals surface area contributed by atoms with Gasteiger partial charge in [-0.3, -0.25) is 9.36 Å². The van der Waals surface area contributed by atoms with Crippen LogP contribution in [0, 0.1) is 11.3 Å². The summed E-state index contributed by atoms with van der Waals surface area (Å²) in [6.45, 7) is 0.419. The van der Waals surface area contributed by atoms with Crippen LogP contribution < -0.4 is 11.3 Å². The van der Waals surface area contributed by atoms with Gasteiger partial charge in [0.05, 0.1) is 18.2 Å². The van der Waals surface area contributed by atoms with E-state index in [0.29, 0.717) is 28.8 Å². The first-order valence-corrected chi connectivity index (χ1v) is 10.7. The zero-order valence-corrected chi connectivity index (χ0v) is 17.5. The van der Waals surface area contributed by atoms with Gasteiger partial charge in [-0.05, 0) is 43.0 Å². The molecule has 0 amide bonds. The van der Waals surface area contributed by atoms with Crippen molar-refractivity contribution < 1.29 is 0 Å². The van der Waals surface area contributed by atoms with Gasteiger partial charge in [0.15, 0.2) is 0 Å². The molecule has 1 aliphatic carbocycles. The van der Waals surface area contributed by atoms with E-state index in [1.54, 1.807) is 17.8 Å². The van der Waals surface area contributed by atoms with Crippen LogP contribution in [-0.4, -0.2) is 25.1 Å². The summed E-state index contributed by atoms with van der Waals surface area (Å²) in [4.78, 5) is 22.9. The molecule has 3 heterocycles. The number of imidazole rings is 1. The number of rotatable bonds is 3. The highest BCUT2D eigenvalue weighted by Gasteiger charge is 2.28. The third kappa shape index (κ3) is 3.20. The molecule has 1 aromatic carbocycles. The van der Waals surface area contributed by atoms with E-state index < -0.39 is 0 Å². The second-order valence-electron chi connectivity index (χ2n) is 8.38. The maximum Gasteiger partial charge on any atom is 0.278 e. The summed E-state index contributed by atoms with van der Waals surface area (Å²) < 4.78 is 3.60. The van der Waals surface area contributed by atoms with Crippen molar-refractivity contribution in [2.75, 3.05) is 0 Å². The zero-order chi connectivity index (χ0) is 21.5. The van der Waals surface area contributed by atoms with E-state index in [-0.39, 0.29) is 17.5 Å². The van der Waals surface area contributed by atoms with Gasteiger partial charge < -0.3 is 10.3 Å². The lowest BCUT2D eigenvalue weighted by molar-refractivity contribution is 0.376. The number of pyridine rings is 2. The van der Waals surface area contributed by atoms with Crippen molar-refractivity contribution in [3.63, 3.8) is 0 Å². The molecule has 0 bridgehead atoms. The molecule has 2 atom stereocenters. The van der Waals surface area contributed by atoms with Gasteiger partial charge in [0.25, 0.3) is 5.56 Å². The maximum atomic E-state index is 13.4. The van der Waals surface area contributed by atoms with E-state index in [0.717, 1.165) is 42.5 Å². The number of benzene rings is 1. The highest BCUT2D eigenvalue weighted by atomic mass is 16.1. The van der Waals surface area contributed by atoms with Crippen molar-refractivity contribution in [1.82, 2.24) is 19.1 Å². The average molecular weight is 412 g/mol.